The predicted octanol–water partition coefficient (Wildman–Crippen LogP) is 16.4. The molecule has 63 heavy (non-hydrogen) atoms. The van der Waals surface area contributed by atoms with E-state index < -0.39 is 18.2 Å². The summed E-state index contributed by atoms with van der Waals surface area (Å²) in [4.78, 5) is 26.1. The molecule has 1 amide bonds. The number of hydrogen-bond donors (Lipinski definition) is 3. The van der Waals surface area contributed by atoms with Gasteiger partial charge < -0.3 is 20.3 Å². The van der Waals surface area contributed by atoms with Gasteiger partial charge in [-0.05, 0) is 38.5 Å². The predicted molar refractivity (Wildman–Crippen MR) is 273 cm³/mol. The van der Waals surface area contributed by atoms with Crippen LogP contribution in [-0.2, 0) is 14.3 Å². The molecule has 0 saturated heterocycles. The topological polar surface area (TPSA) is 95.9 Å². The average Bonchev–Trinajstić information content (AvgIpc) is 3.28. The molecule has 3 unspecified atom stereocenters. The van der Waals surface area contributed by atoms with Crippen LogP contribution in [0.2, 0.25) is 0 Å². The summed E-state index contributed by atoms with van der Waals surface area (Å²) in [6, 6.07) is -0.725. The van der Waals surface area contributed by atoms with Crippen molar-refractivity contribution in [2.45, 2.75) is 283 Å². The Bertz CT molecular complexity index is 1130. The highest BCUT2D eigenvalue weighted by atomic mass is 16.5. The number of rotatable bonds is 48. The van der Waals surface area contributed by atoms with Crippen LogP contribution in [-0.4, -0.2) is 46.9 Å². The number of aliphatic hydroxyl groups is 2. The number of ether oxygens (including phenoxy) is 1. The van der Waals surface area contributed by atoms with Crippen molar-refractivity contribution >= 4 is 11.9 Å². The van der Waals surface area contributed by atoms with Gasteiger partial charge in [0.25, 0.3) is 0 Å². The van der Waals surface area contributed by atoms with Crippen LogP contribution in [0, 0.1) is 0 Å². The Labute approximate surface area is 390 Å². The molecule has 0 bridgehead atoms. The maximum absolute atomic E-state index is 13.2. The molecule has 0 aliphatic rings. The van der Waals surface area contributed by atoms with Crippen LogP contribution in [0.25, 0.3) is 0 Å². The number of allylic oxidation sites excluding steroid dienone is 10. The normalized spacial score (nSPS) is 13.7. The summed E-state index contributed by atoms with van der Waals surface area (Å²) in [7, 11) is 0. The number of aliphatic hydroxyl groups excluding tert-OH is 2. The van der Waals surface area contributed by atoms with Gasteiger partial charge in [0, 0.05) is 6.42 Å². The highest BCUT2D eigenvalue weighted by molar-refractivity contribution is 5.77. The third kappa shape index (κ3) is 45.9. The van der Waals surface area contributed by atoms with Crippen LogP contribution in [0.3, 0.4) is 0 Å². The Morgan fingerprint density at radius 1 is 0.476 bits per heavy atom. The Balaban J connectivity index is 4.58. The van der Waals surface area contributed by atoms with Crippen LogP contribution in [0.1, 0.15) is 265 Å². The van der Waals surface area contributed by atoms with Gasteiger partial charge in [0.2, 0.25) is 5.91 Å². The summed E-state index contributed by atoms with van der Waals surface area (Å²) in [6.45, 7) is 6.34. The molecule has 0 aromatic heterocycles. The number of carbonyl (C=O) groups excluding carboxylic acids is 2. The SMILES string of the molecule is CC/C=C/C=C/C=C\C=C/C=C/CCCC(CC(=O)NC(CO)C(O)CCCCCCCCCCCCCCCCCCC)OC(=O)CCCCCCCCCCCCCCCC. The van der Waals surface area contributed by atoms with Gasteiger partial charge in [0.05, 0.1) is 25.2 Å². The average molecular weight is 882 g/mol. The molecule has 0 heterocycles. The van der Waals surface area contributed by atoms with Crippen molar-refractivity contribution in [1.82, 2.24) is 5.32 Å². The lowest BCUT2D eigenvalue weighted by Gasteiger charge is -2.24. The first-order valence-corrected chi connectivity index (χ1v) is 27.1. The lowest BCUT2D eigenvalue weighted by molar-refractivity contribution is -0.151. The van der Waals surface area contributed by atoms with Gasteiger partial charge in [-0.25, -0.2) is 0 Å². The van der Waals surface area contributed by atoms with E-state index in [4.69, 9.17) is 4.74 Å². The van der Waals surface area contributed by atoms with E-state index in [9.17, 15) is 19.8 Å². The molecule has 0 rings (SSSR count). The van der Waals surface area contributed by atoms with Crippen LogP contribution in [0.4, 0.5) is 0 Å². The fourth-order valence-electron chi connectivity index (χ4n) is 8.16. The van der Waals surface area contributed by atoms with E-state index in [2.05, 4.69) is 38.2 Å². The third-order valence-corrected chi connectivity index (χ3v) is 12.2. The van der Waals surface area contributed by atoms with Gasteiger partial charge in [-0.1, -0.05) is 274 Å². The molecular formula is C57H103NO5. The zero-order valence-corrected chi connectivity index (χ0v) is 41.7. The first kappa shape index (κ1) is 60.6. The van der Waals surface area contributed by atoms with E-state index in [1.54, 1.807) is 0 Å². The van der Waals surface area contributed by atoms with Gasteiger partial charge in [0.1, 0.15) is 6.10 Å². The number of nitrogens with one attached hydrogen (secondary N) is 1. The van der Waals surface area contributed by atoms with Crippen molar-refractivity contribution in [3.63, 3.8) is 0 Å². The quantitative estimate of drug-likeness (QED) is 0.0321. The first-order chi connectivity index (χ1) is 31.0. The summed E-state index contributed by atoms with van der Waals surface area (Å²) < 4.78 is 5.90. The van der Waals surface area contributed by atoms with E-state index in [1.165, 1.54) is 161 Å². The lowest BCUT2D eigenvalue weighted by atomic mass is 10.0. The zero-order chi connectivity index (χ0) is 45.9. The van der Waals surface area contributed by atoms with E-state index in [0.717, 1.165) is 57.8 Å². The Morgan fingerprint density at radius 3 is 1.27 bits per heavy atom. The van der Waals surface area contributed by atoms with Gasteiger partial charge in [-0.2, -0.15) is 0 Å². The van der Waals surface area contributed by atoms with Crippen molar-refractivity contribution in [3.8, 4) is 0 Å². The summed E-state index contributed by atoms with van der Waals surface area (Å²) in [5.41, 5.74) is 0. The molecule has 0 radical (unpaired) electrons. The van der Waals surface area contributed by atoms with Crippen molar-refractivity contribution in [3.05, 3.63) is 60.8 Å². The Kier molecular flexibility index (Phi) is 48.6. The van der Waals surface area contributed by atoms with Crippen LogP contribution < -0.4 is 5.32 Å². The van der Waals surface area contributed by atoms with E-state index >= 15 is 0 Å². The molecule has 366 valence electrons. The molecule has 6 heteroatoms. The third-order valence-electron chi connectivity index (χ3n) is 12.2. The van der Waals surface area contributed by atoms with Crippen molar-refractivity contribution in [1.29, 1.82) is 0 Å². The minimum absolute atomic E-state index is 0.0300. The number of esters is 1. The molecule has 0 aliphatic carbocycles. The van der Waals surface area contributed by atoms with Crippen molar-refractivity contribution in [2.24, 2.45) is 0 Å². The van der Waals surface area contributed by atoms with Gasteiger partial charge in [-0.3, -0.25) is 9.59 Å². The number of hydrogen-bond acceptors (Lipinski definition) is 5. The molecule has 3 N–H and O–H groups in total. The zero-order valence-electron chi connectivity index (χ0n) is 41.7. The van der Waals surface area contributed by atoms with Gasteiger partial charge in [-0.15, -0.1) is 0 Å². The monoisotopic (exact) mass is 882 g/mol. The van der Waals surface area contributed by atoms with Crippen LogP contribution in [0.15, 0.2) is 60.8 Å². The van der Waals surface area contributed by atoms with Gasteiger partial charge >= 0.3 is 5.97 Å². The van der Waals surface area contributed by atoms with Crippen LogP contribution in [0.5, 0.6) is 0 Å². The number of carbonyl (C=O) groups is 2. The van der Waals surface area contributed by atoms with E-state index in [1.807, 2.05) is 48.6 Å². The second-order valence-electron chi connectivity index (χ2n) is 18.4. The maximum atomic E-state index is 13.2. The largest absolute Gasteiger partial charge is 0.462 e. The molecule has 0 aromatic carbocycles. The summed E-state index contributed by atoms with van der Waals surface area (Å²) >= 11 is 0. The van der Waals surface area contributed by atoms with E-state index in [-0.39, 0.29) is 24.9 Å². The molecule has 0 aliphatic heterocycles. The highest BCUT2D eigenvalue weighted by Crippen LogP contribution is 2.18. The van der Waals surface area contributed by atoms with E-state index in [0.29, 0.717) is 19.3 Å². The summed E-state index contributed by atoms with van der Waals surface area (Å²) in [5.74, 6) is -0.539. The molecule has 3 atom stereocenters. The molecule has 0 aromatic rings. The van der Waals surface area contributed by atoms with Crippen molar-refractivity contribution in [2.75, 3.05) is 6.61 Å². The molecule has 6 nitrogen and oxygen atoms in total. The standard InChI is InChI=1S/C57H103NO5/c1-4-7-10-13-16-19-22-25-27-28-29-31-34-37-40-43-46-49-55(60)54(52-59)58-56(61)51-53(48-45-42-39-36-33-30-24-21-18-15-12-9-6-3)63-57(62)50-47-44-41-38-35-32-26-23-20-17-14-11-8-5-2/h9,12,15,18,21,24,30,33,36,39,53-55,59-60H,4-8,10-11,13-14,16-17,19-20,22-23,25-29,31-32,34-35,37-38,40-52H2,1-3H3,(H,58,61)/b12-9+,18-15+,24-21-,33-30-,39-36+. The van der Waals surface area contributed by atoms with Crippen molar-refractivity contribution < 1.29 is 24.5 Å². The second kappa shape index (κ2) is 50.6. The smallest absolute Gasteiger partial charge is 0.306 e. The van der Waals surface area contributed by atoms with Crippen LogP contribution >= 0.6 is 0 Å². The summed E-state index contributed by atoms with van der Waals surface area (Å²) in [6.07, 6.45) is 62.9. The maximum Gasteiger partial charge on any atom is 0.306 e. The lowest BCUT2D eigenvalue weighted by Crippen LogP contribution is -2.46. The summed E-state index contributed by atoms with van der Waals surface area (Å²) in [5, 5.41) is 23.8. The van der Waals surface area contributed by atoms with Gasteiger partial charge in [0.15, 0.2) is 0 Å². The first-order valence-electron chi connectivity index (χ1n) is 27.1. The Morgan fingerprint density at radius 2 is 0.857 bits per heavy atom. The molecular weight excluding hydrogens is 779 g/mol. The molecule has 0 saturated carbocycles. The molecule has 0 fully saturated rings. The fraction of sp³-hybridized carbons (Fsp3) is 0.789. The fourth-order valence-corrected chi connectivity index (χ4v) is 8.16. The number of amides is 1. The second-order valence-corrected chi connectivity index (χ2v) is 18.4. The minimum atomic E-state index is -0.807. The Hall–Kier alpha value is -2.44. The molecule has 0 spiro atoms. The highest BCUT2D eigenvalue weighted by Gasteiger charge is 2.24. The minimum Gasteiger partial charge on any atom is -0.462 e. The number of unbranched alkanes of at least 4 members (excludes halogenated alkanes) is 30.